The Morgan fingerprint density at radius 1 is 1.37 bits per heavy atom. The summed E-state index contributed by atoms with van der Waals surface area (Å²) in [7, 11) is 1.52. The standard InChI is InChI=1S/C13H18N2O4/c1-3-6-18-13(17)9-4-5-11(10(14)7-9)19-8-12(16)15-2/h4-5,7H,3,6,8,14H2,1-2H3,(H,15,16). The summed E-state index contributed by atoms with van der Waals surface area (Å²) in [5, 5.41) is 2.43. The number of esters is 1. The summed E-state index contributed by atoms with van der Waals surface area (Å²) in [6, 6.07) is 4.56. The Labute approximate surface area is 111 Å². The van der Waals surface area contributed by atoms with Crippen molar-refractivity contribution >= 4 is 17.6 Å². The lowest BCUT2D eigenvalue weighted by Crippen LogP contribution is -2.25. The third-order valence-electron chi connectivity index (χ3n) is 2.32. The number of carbonyl (C=O) groups is 2. The second-order valence-corrected chi connectivity index (χ2v) is 3.85. The van der Waals surface area contributed by atoms with Gasteiger partial charge in [-0.2, -0.15) is 0 Å². The molecule has 0 heterocycles. The molecule has 0 aliphatic rings. The first kappa shape index (κ1) is 14.8. The molecular weight excluding hydrogens is 248 g/mol. The number of nitrogens with one attached hydrogen (secondary N) is 1. The Hall–Kier alpha value is -2.24. The predicted molar refractivity (Wildman–Crippen MR) is 71.0 cm³/mol. The predicted octanol–water partition coefficient (Wildman–Crippen LogP) is 0.960. The number of carbonyl (C=O) groups excluding carboxylic acids is 2. The van der Waals surface area contributed by atoms with Crippen molar-refractivity contribution in [3.05, 3.63) is 23.8 Å². The minimum absolute atomic E-state index is 0.125. The SMILES string of the molecule is CCCOC(=O)c1ccc(OCC(=O)NC)c(N)c1. The van der Waals surface area contributed by atoms with E-state index in [9.17, 15) is 9.59 Å². The van der Waals surface area contributed by atoms with Gasteiger partial charge in [0, 0.05) is 7.05 Å². The number of rotatable bonds is 6. The average Bonchev–Trinajstić information content (AvgIpc) is 2.42. The number of ether oxygens (including phenoxy) is 2. The van der Waals surface area contributed by atoms with Gasteiger partial charge in [-0.3, -0.25) is 4.79 Å². The number of anilines is 1. The van der Waals surface area contributed by atoms with Gasteiger partial charge in [0.1, 0.15) is 5.75 Å². The van der Waals surface area contributed by atoms with E-state index in [0.29, 0.717) is 17.9 Å². The van der Waals surface area contributed by atoms with Gasteiger partial charge >= 0.3 is 5.97 Å². The zero-order chi connectivity index (χ0) is 14.3. The molecule has 1 aromatic carbocycles. The molecule has 0 unspecified atom stereocenters. The zero-order valence-corrected chi connectivity index (χ0v) is 11.1. The molecule has 1 aromatic rings. The molecule has 0 atom stereocenters. The highest BCUT2D eigenvalue weighted by Gasteiger charge is 2.10. The van der Waals surface area contributed by atoms with E-state index >= 15 is 0 Å². The van der Waals surface area contributed by atoms with Crippen molar-refractivity contribution in [1.82, 2.24) is 5.32 Å². The minimum Gasteiger partial charge on any atom is -0.482 e. The van der Waals surface area contributed by atoms with Gasteiger partial charge in [0.15, 0.2) is 6.61 Å². The maximum Gasteiger partial charge on any atom is 0.338 e. The third kappa shape index (κ3) is 4.50. The number of benzene rings is 1. The van der Waals surface area contributed by atoms with Gasteiger partial charge in [-0.05, 0) is 24.6 Å². The normalized spacial score (nSPS) is 9.79. The lowest BCUT2D eigenvalue weighted by Gasteiger charge is -2.09. The summed E-state index contributed by atoms with van der Waals surface area (Å²) in [6.45, 7) is 2.16. The zero-order valence-electron chi connectivity index (χ0n) is 11.1. The molecule has 0 aliphatic carbocycles. The summed E-state index contributed by atoms with van der Waals surface area (Å²) >= 11 is 0. The number of nitrogens with two attached hydrogens (primary N) is 1. The summed E-state index contributed by atoms with van der Waals surface area (Å²) in [4.78, 5) is 22.6. The summed E-state index contributed by atoms with van der Waals surface area (Å²) in [5.74, 6) is -0.326. The van der Waals surface area contributed by atoms with Gasteiger partial charge in [0.25, 0.3) is 5.91 Å². The number of likely N-dealkylation sites (N-methyl/N-ethyl adjacent to an activating group) is 1. The lowest BCUT2D eigenvalue weighted by molar-refractivity contribution is -0.122. The Balaban J connectivity index is 2.68. The molecule has 1 amide bonds. The van der Waals surface area contributed by atoms with Gasteiger partial charge in [-0.1, -0.05) is 6.92 Å². The van der Waals surface area contributed by atoms with Crippen molar-refractivity contribution in [3.8, 4) is 5.75 Å². The second kappa shape index (κ2) is 7.25. The maximum absolute atomic E-state index is 11.6. The van der Waals surface area contributed by atoms with Crippen LogP contribution in [0.4, 0.5) is 5.69 Å². The van der Waals surface area contributed by atoms with Crippen LogP contribution in [0.15, 0.2) is 18.2 Å². The first-order valence-corrected chi connectivity index (χ1v) is 5.98. The van der Waals surface area contributed by atoms with E-state index < -0.39 is 5.97 Å². The van der Waals surface area contributed by atoms with Gasteiger partial charge in [-0.15, -0.1) is 0 Å². The number of hydrogen-bond donors (Lipinski definition) is 2. The van der Waals surface area contributed by atoms with Crippen LogP contribution >= 0.6 is 0 Å². The summed E-state index contributed by atoms with van der Waals surface area (Å²) < 4.78 is 10.2. The van der Waals surface area contributed by atoms with Crippen LogP contribution in [0.1, 0.15) is 23.7 Å². The van der Waals surface area contributed by atoms with E-state index in [1.165, 1.54) is 13.1 Å². The minimum atomic E-state index is -0.425. The van der Waals surface area contributed by atoms with E-state index in [2.05, 4.69) is 5.32 Å². The van der Waals surface area contributed by atoms with E-state index in [1.54, 1.807) is 12.1 Å². The van der Waals surface area contributed by atoms with Crippen LogP contribution in [-0.4, -0.2) is 32.1 Å². The van der Waals surface area contributed by atoms with E-state index in [-0.39, 0.29) is 18.2 Å². The van der Waals surface area contributed by atoms with Crippen LogP contribution in [0.2, 0.25) is 0 Å². The fourth-order valence-electron chi connectivity index (χ4n) is 1.30. The van der Waals surface area contributed by atoms with Crippen molar-refractivity contribution < 1.29 is 19.1 Å². The number of nitrogen functional groups attached to an aromatic ring is 1. The van der Waals surface area contributed by atoms with E-state index in [1.807, 2.05) is 6.92 Å². The first-order valence-electron chi connectivity index (χ1n) is 5.98. The average molecular weight is 266 g/mol. The second-order valence-electron chi connectivity index (χ2n) is 3.85. The summed E-state index contributed by atoms with van der Waals surface area (Å²) in [5.41, 5.74) is 6.40. The molecule has 0 aromatic heterocycles. The molecule has 0 fully saturated rings. The molecule has 19 heavy (non-hydrogen) atoms. The van der Waals surface area contributed by atoms with Crippen LogP contribution in [0, 0.1) is 0 Å². The third-order valence-corrected chi connectivity index (χ3v) is 2.32. The topological polar surface area (TPSA) is 90.6 Å². The largest absolute Gasteiger partial charge is 0.482 e. The van der Waals surface area contributed by atoms with Crippen molar-refractivity contribution in [2.24, 2.45) is 0 Å². The Morgan fingerprint density at radius 2 is 2.11 bits per heavy atom. The van der Waals surface area contributed by atoms with Crippen LogP contribution in [0.5, 0.6) is 5.75 Å². The Morgan fingerprint density at radius 3 is 2.68 bits per heavy atom. The van der Waals surface area contributed by atoms with Crippen LogP contribution in [0.3, 0.4) is 0 Å². The molecule has 0 aliphatic heterocycles. The molecule has 6 heteroatoms. The van der Waals surface area contributed by atoms with Crippen molar-refractivity contribution in [2.75, 3.05) is 26.0 Å². The van der Waals surface area contributed by atoms with Crippen LogP contribution < -0.4 is 15.8 Å². The molecule has 0 saturated carbocycles. The van der Waals surface area contributed by atoms with Gasteiger partial charge in [-0.25, -0.2) is 4.79 Å². The molecule has 104 valence electrons. The monoisotopic (exact) mass is 266 g/mol. The van der Waals surface area contributed by atoms with Crippen LogP contribution in [-0.2, 0) is 9.53 Å². The van der Waals surface area contributed by atoms with Crippen molar-refractivity contribution in [2.45, 2.75) is 13.3 Å². The quantitative estimate of drug-likeness (QED) is 0.591. The molecule has 0 bridgehead atoms. The molecule has 1 rings (SSSR count). The highest BCUT2D eigenvalue weighted by atomic mass is 16.5. The highest BCUT2D eigenvalue weighted by Crippen LogP contribution is 2.22. The van der Waals surface area contributed by atoms with Crippen molar-refractivity contribution in [3.63, 3.8) is 0 Å². The van der Waals surface area contributed by atoms with E-state index in [4.69, 9.17) is 15.2 Å². The number of hydrogen-bond acceptors (Lipinski definition) is 5. The van der Waals surface area contributed by atoms with Crippen molar-refractivity contribution in [1.29, 1.82) is 0 Å². The highest BCUT2D eigenvalue weighted by molar-refractivity contribution is 5.91. The summed E-state index contributed by atoms with van der Waals surface area (Å²) in [6.07, 6.45) is 0.758. The van der Waals surface area contributed by atoms with Gasteiger partial charge in [0.05, 0.1) is 17.9 Å². The van der Waals surface area contributed by atoms with Crippen LogP contribution in [0.25, 0.3) is 0 Å². The van der Waals surface area contributed by atoms with Gasteiger partial charge in [0.2, 0.25) is 0 Å². The smallest absolute Gasteiger partial charge is 0.338 e. The molecular formula is C13H18N2O4. The molecule has 0 spiro atoms. The molecule has 3 N–H and O–H groups in total. The maximum atomic E-state index is 11.6. The lowest BCUT2D eigenvalue weighted by atomic mass is 10.2. The molecule has 0 saturated heterocycles. The Kier molecular flexibility index (Phi) is 5.66. The molecule has 6 nitrogen and oxygen atoms in total. The van der Waals surface area contributed by atoms with Gasteiger partial charge < -0.3 is 20.5 Å². The fourth-order valence-corrected chi connectivity index (χ4v) is 1.30. The fraction of sp³-hybridized carbons (Fsp3) is 0.385. The molecule has 0 radical (unpaired) electrons. The number of amides is 1. The first-order chi connectivity index (χ1) is 9.08. The Bertz CT molecular complexity index is 460. The van der Waals surface area contributed by atoms with E-state index in [0.717, 1.165) is 6.42 Å².